The molecular weight excluding hydrogens is 310 g/mol. The lowest BCUT2D eigenvalue weighted by atomic mass is 10.0. The fourth-order valence-corrected chi connectivity index (χ4v) is 4.24. The molecule has 0 heterocycles. The van der Waals surface area contributed by atoms with Gasteiger partial charge in [-0.3, -0.25) is 0 Å². The number of nitrogens with one attached hydrogen (secondary N) is 1. The van der Waals surface area contributed by atoms with Crippen LogP contribution in [0.25, 0.3) is 0 Å². The molecule has 0 aliphatic carbocycles. The SMILES string of the molecule is COc1cc(C)c(S(=O)(=O)NCC(C)c2ccccc2)c(C)c1. The highest BCUT2D eigenvalue weighted by Crippen LogP contribution is 2.26. The van der Waals surface area contributed by atoms with Crippen molar-refractivity contribution in [1.29, 1.82) is 0 Å². The van der Waals surface area contributed by atoms with E-state index in [1.165, 1.54) is 0 Å². The van der Waals surface area contributed by atoms with Crippen molar-refractivity contribution in [3.63, 3.8) is 0 Å². The Kier molecular flexibility index (Phi) is 5.44. The fraction of sp³-hybridized carbons (Fsp3) is 0.333. The standard InChI is InChI=1S/C18H23NO3S/c1-13-10-17(22-4)11-14(2)18(13)23(20,21)19-12-15(3)16-8-6-5-7-9-16/h5-11,15,19H,12H2,1-4H3. The minimum atomic E-state index is -3.56. The summed E-state index contributed by atoms with van der Waals surface area (Å²) in [6, 6.07) is 13.3. The summed E-state index contributed by atoms with van der Waals surface area (Å²) in [5.41, 5.74) is 2.47. The van der Waals surface area contributed by atoms with Gasteiger partial charge in [0.25, 0.3) is 0 Å². The third kappa shape index (κ3) is 4.12. The summed E-state index contributed by atoms with van der Waals surface area (Å²) in [4.78, 5) is 0.332. The van der Waals surface area contributed by atoms with Crippen molar-refractivity contribution in [2.24, 2.45) is 0 Å². The number of ether oxygens (including phenoxy) is 1. The van der Waals surface area contributed by atoms with Gasteiger partial charge in [-0.05, 0) is 48.6 Å². The first-order valence-electron chi connectivity index (χ1n) is 7.55. The molecule has 0 aliphatic heterocycles. The Hall–Kier alpha value is -1.85. The van der Waals surface area contributed by atoms with Crippen molar-refractivity contribution in [3.8, 4) is 5.75 Å². The maximum absolute atomic E-state index is 12.7. The highest BCUT2D eigenvalue weighted by atomic mass is 32.2. The van der Waals surface area contributed by atoms with E-state index < -0.39 is 10.0 Å². The summed E-state index contributed by atoms with van der Waals surface area (Å²) >= 11 is 0. The topological polar surface area (TPSA) is 55.4 Å². The largest absolute Gasteiger partial charge is 0.497 e. The minimum Gasteiger partial charge on any atom is -0.497 e. The molecule has 4 nitrogen and oxygen atoms in total. The number of sulfonamides is 1. The molecule has 1 N–H and O–H groups in total. The lowest BCUT2D eigenvalue weighted by Crippen LogP contribution is -2.29. The van der Waals surface area contributed by atoms with Crippen LogP contribution >= 0.6 is 0 Å². The second-order valence-corrected chi connectivity index (χ2v) is 7.46. The van der Waals surface area contributed by atoms with E-state index in [2.05, 4.69) is 4.72 Å². The van der Waals surface area contributed by atoms with Crippen LogP contribution in [0.4, 0.5) is 0 Å². The first-order chi connectivity index (χ1) is 10.8. The predicted molar refractivity (Wildman–Crippen MR) is 92.5 cm³/mol. The summed E-state index contributed by atoms with van der Waals surface area (Å²) in [5.74, 6) is 0.765. The summed E-state index contributed by atoms with van der Waals surface area (Å²) in [6.45, 7) is 5.93. The smallest absolute Gasteiger partial charge is 0.241 e. The number of rotatable bonds is 6. The Balaban J connectivity index is 2.20. The average molecular weight is 333 g/mol. The highest BCUT2D eigenvalue weighted by molar-refractivity contribution is 7.89. The van der Waals surface area contributed by atoms with Crippen LogP contribution in [0.1, 0.15) is 29.5 Å². The van der Waals surface area contributed by atoms with Crippen LogP contribution < -0.4 is 9.46 Å². The Morgan fingerprint density at radius 1 is 1.09 bits per heavy atom. The zero-order valence-corrected chi connectivity index (χ0v) is 14.8. The lowest BCUT2D eigenvalue weighted by Gasteiger charge is -2.16. The van der Waals surface area contributed by atoms with Gasteiger partial charge in [0.1, 0.15) is 5.75 Å². The number of benzene rings is 2. The molecule has 124 valence electrons. The van der Waals surface area contributed by atoms with E-state index in [4.69, 9.17) is 4.74 Å². The maximum atomic E-state index is 12.7. The van der Waals surface area contributed by atoms with Gasteiger partial charge in [-0.2, -0.15) is 0 Å². The van der Waals surface area contributed by atoms with Crippen LogP contribution in [0.15, 0.2) is 47.4 Å². The summed E-state index contributed by atoms with van der Waals surface area (Å²) in [7, 11) is -1.98. The zero-order chi connectivity index (χ0) is 17.0. The Labute approximate surface area is 138 Å². The van der Waals surface area contributed by atoms with Crippen molar-refractivity contribution in [2.75, 3.05) is 13.7 Å². The Morgan fingerprint density at radius 3 is 2.17 bits per heavy atom. The first kappa shape index (κ1) is 17.5. The summed E-state index contributed by atoms with van der Waals surface area (Å²) < 4.78 is 33.2. The molecule has 0 aromatic heterocycles. The van der Waals surface area contributed by atoms with Gasteiger partial charge < -0.3 is 4.74 Å². The van der Waals surface area contributed by atoms with Crippen LogP contribution in [0.5, 0.6) is 5.75 Å². The van der Waals surface area contributed by atoms with Crippen LogP contribution in [-0.2, 0) is 10.0 Å². The number of hydrogen-bond acceptors (Lipinski definition) is 3. The van der Waals surface area contributed by atoms with Gasteiger partial charge in [-0.15, -0.1) is 0 Å². The molecule has 1 atom stereocenters. The third-order valence-electron chi connectivity index (χ3n) is 3.89. The average Bonchev–Trinajstić information content (AvgIpc) is 2.52. The van der Waals surface area contributed by atoms with Crippen LogP contribution in [-0.4, -0.2) is 22.1 Å². The van der Waals surface area contributed by atoms with Crippen molar-refractivity contribution >= 4 is 10.0 Å². The monoisotopic (exact) mass is 333 g/mol. The highest BCUT2D eigenvalue weighted by Gasteiger charge is 2.21. The van der Waals surface area contributed by atoms with Gasteiger partial charge in [-0.25, -0.2) is 13.1 Å². The maximum Gasteiger partial charge on any atom is 0.241 e. The molecule has 0 aliphatic rings. The van der Waals surface area contributed by atoms with Crippen molar-refractivity contribution in [1.82, 2.24) is 4.72 Å². The molecule has 5 heteroatoms. The van der Waals surface area contributed by atoms with Gasteiger partial charge in [-0.1, -0.05) is 37.3 Å². The Bertz CT molecular complexity index is 747. The van der Waals surface area contributed by atoms with E-state index in [1.54, 1.807) is 33.1 Å². The molecule has 0 radical (unpaired) electrons. The number of hydrogen-bond donors (Lipinski definition) is 1. The molecule has 0 amide bonds. The molecule has 23 heavy (non-hydrogen) atoms. The molecule has 0 fully saturated rings. The minimum absolute atomic E-state index is 0.102. The van der Waals surface area contributed by atoms with Crippen molar-refractivity contribution in [3.05, 3.63) is 59.2 Å². The lowest BCUT2D eigenvalue weighted by molar-refractivity contribution is 0.413. The summed E-state index contributed by atoms with van der Waals surface area (Å²) in [6.07, 6.45) is 0. The second-order valence-electron chi connectivity index (χ2n) is 5.75. The molecule has 0 saturated heterocycles. The predicted octanol–water partition coefficient (Wildman–Crippen LogP) is 3.39. The fourth-order valence-electron chi connectivity index (χ4n) is 2.66. The van der Waals surface area contributed by atoms with Gasteiger partial charge in [0, 0.05) is 6.54 Å². The second kappa shape index (κ2) is 7.15. The normalized spacial score (nSPS) is 12.9. The molecule has 0 saturated carbocycles. The molecular formula is C18H23NO3S. The third-order valence-corrected chi connectivity index (χ3v) is 5.61. The molecule has 0 bridgehead atoms. The van der Waals surface area contributed by atoms with Crippen molar-refractivity contribution < 1.29 is 13.2 Å². The van der Waals surface area contributed by atoms with Gasteiger partial charge in [0.15, 0.2) is 0 Å². The first-order valence-corrected chi connectivity index (χ1v) is 9.03. The Morgan fingerprint density at radius 2 is 1.65 bits per heavy atom. The van der Waals surface area contributed by atoms with E-state index in [-0.39, 0.29) is 5.92 Å². The molecule has 2 aromatic carbocycles. The molecule has 2 rings (SSSR count). The summed E-state index contributed by atoms with van der Waals surface area (Å²) in [5, 5.41) is 0. The van der Waals surface area contributed by atoms with E-state index in [1.807, 2.05) is 37.3 Å². The van der Waals surface area contributed by atoms with E-state index in [0.717, 1.165) is 5.56 Å². The number of methoxy groups -OCH3 is 1. The zero-order valence-electron chi connectivity index (χ0n) is 14.0. The van der Waals surface area contributed by atoms with Gasteiger partial charge in [0.2, 0.25) is 10.0 Å². The molecule has 0 spiro atoms. The van der Waals surface area contributed by atoms with Gasteiger partial charge >= 0.3 is 0 Å². The van der Waals surface area contributed by atoms with E-state index >= 15 is 0 Å². The quantitative estimate of drug-likeness (QED) is 0.881. The van der Waals surface area contributed by atoms with Crippen LogP contribution in [0.3, 0.4) is 0 Å². The van der Waals surface area contributed by atoms with Gasteiger partial charge in [0.05, 0.1) is 12.0 Å². The molecule has 1 unspecified atom stereocenters. The van der Waals surface area contributed by atoms with Crippen LogP contribution in [0.2, 0.25) is 0 Å². The van der Waals surface area contributed by atoms with E-state index in [0.29, 0.717) is 28.3 Å². The molecule has 2 aromatic rings. The van der Waals surface area contributed by atoms with Crippen LogP contribution in [0, 0.1) is 13.8 Å². The van der Waals surface area contributed by atoms with E-state index in [9.17, 15) is 8.42 Å². The number of aryl methyl sites for hydroxylation is 2. The van der Waals surface area contributed by atoms with Crippen molar-refractivity contribution in [2.45, 2.75) is 31.6 Å².